The summed E-state index contributed by atoms with van der Waals surface area (Å²) in [5.74, 6) is 1.38. The first-order valence-electron chi connectivity index (χ1n) is 5.49. The van der Waals surface area contributed by atoms with Gasteiger partial charge >= 0.3 is 0 Å². The van der Waals surface area contributed by atoms with Gasteiger partial charge in [-0.15, -0.1) is 11.3 Å². The van der Waals surface area contributed by atoms with Crippen LogP contribution in [0.25, 0.3) is 0 Å². The Bertz CT molecular complexity index is 588. The zero-order chi connectivity index (χ0) is 14.0. The van der Waals surface area contributed by atoms with Crippen molar-refractivity contribution in [1.29, 1.82) is 0 Å². The standard InChI is InChI=1S/C13H13BrClNO2S/c1-17-8-4-3-7(13(18-2)11(8)14)12(16)9-5-6-10(15)19-9/h3-6,12H,16H2,1-2H3. The molecule has 2 N–H and O–H groups in total. The largest absolute Gasteiger partial charge is 0.495 e. The Morgan fingerprint density at radius 1 is 1.21 bits per heavy atom. The van der Waals surface area contributed by atoms with E-state index in [2.05, 4.69) is 15.9 Å². The number of hydrogen-bond acceptors (Lipinski definition) is 4. The molecule has 0 saturated carbocycles. The molecular weight excluding hydrogens is 350 g/mol. The lowest BCUT2D eigenvalue weighted by Crippen LogP contribution is -2.12. The first-order valence-corrected chi connectivity index (χ1v) is 7.48. The van der Waals surface area contributed by atoms with Gasteiger partial charge in [0, 0.05) is 10.4 Å². The number of nitrogens with two attached hydrogens (primary N) is 1. The van der Waals surface area contributed by atoms with Gasteiger partial charge in [-0.2, -0.15) is 0 Å². The maximum Gasteiger partial charge on any atom is 0.141 e. The number of thiophene rings is 1. The second kappa shape index (κ2) is 6.13. The van der Waals surface area contributed by atoms with Gasteiger partial charge in [0.25, 0.3) is 0 Å². The summed E-state index contributed by atoms with van der Waals surface area (Å²) in [5, 5.41) is 0. The summed E-state index contributed by atoms with van der Waals surface area (Å²) in [7, 11) is 3.22. The number of halogens is 2. The molecule has 0 spiro atoms. The Hall–Kier alpha value is -0.750. The second-order valence-electron chi connectivity index (χ2n) is 3.82. The monoisotopic (exact) mass is 361 g/mol. The van der Waals surface area contributed by atoms with Gasteiger partial charge in [0.2, 0.25) is 0 Å². The predicted molar refractivity (Wildman–Crippen MR) is 82.6 cm³/mol. The Morgan fingerprint density at radius 2 is 1.95 bits per heavy atom. The molecule has 2 rings (SSSR count). The number of ether oxygens (including phenoxy) is 2. The van der Waals surface area contributed by atoms with Crippen LogP contribution >= 0.6 is 38.9 Å². The molecule has 0 fully saturated rings. The van der Waals surface area contributed by atoms with Crippen LogP contribution in [-0.2, 0) is 0 Å². The molecule has 0 saturated heterocycles. The highest BCUT2D eigenvalue weighted by atomic mass is 79.9. The van der Waals surface area contributed by atoms with Crippen molar-refractivity contribution >= 4 is 38.9 Å². The topological polar surface area (TPSA) is 44.5 Å². The van der Waals surface area contributed by atoms with E-state index in [0.717, 1.165) is 19.2 Å². The van der Waals surface area contributed by atoms with Crippen LogP contribution < -0.4 is 15.2 Å². The molecule has 0 aliphatic carbocycles. The molecule has 1 unspecified atom stereocenters. The summed E-state index contributed by atoms with van der Waals surface area (Å²) in [4.78, 5) is 0.986. The molecular formula is C13H13BrClNO2S. The van der Waals surface area contributed by atoms with Gasteiger partial charge in [-0.25, -0.2) is 0 Å². The Balaban J connectivity index is 2.47. The molecule has 2 aromatic rings. The number of benzene rings is 1. The van der Waals surface area contributed by atoms with Crippen LogP contribution in [0.15, 0.2) is 28.7 Å². The van der Waals surface area contributed by atoms with Crippen molar-refractivity contribution < 1.29 is 9.47 Å². The van der Waals surface area contributed by atoms with Crippen LogP contribution in [-0.4, -0.2) is 14.2 Å². The molecule has 6 heteroatoms. The van der Waals surface area contributed by atoms with E-state index < -0.39 is 0 Å². The normalized spacial score (nSPS) is 12.3. The highest BCUT2D eigenvalue weighted by Gasteiger charge is 2.20. The second-order valence-corrected chi connectivity index (χ2v) is 6.36. The highest BCUT2D eigenvalue weighted by Crippen LogP contribution is 2.41. The maximum absolute atomic E-state index is 6.28. The molecule has 102 valence electrons. The molecule has 1 atom stereocenters. The Kier molecular flexibility index (Phi) is 4.73. The number of hydrogen-bond donors (Lipinski definition) is 1. The summed E-state index contributed by atoms with van der Waals surface area (Å²) >= 11 is 10.9. The lowest BCUT2D eigenvalue weighted by molar-refractivity contribution is 0.385. The van der Waals surface area contributed by atoms with Gasteiger partial charge in [0.1, 0.15) is 16.0 Å². The minimum absolute atomic E-state index is 0.283. The van der Waals surface area contributed by atoms with Gasteiger partial charge in [-0.1, -0.05) is 11.6 Å². The van der Waals surface area contributed by atoms with E-state index >= 15 is 0 Å². The van der Waals surface area contributed by atoms with Crippen molar-refractivity contribution in [3.05, 3.63) is 43.5 Å². The summed E-state index contributed by atoms with van der Waals surface area (Å²) < 4.78 is 12.2. The SMILES string of the molecule is COc1ccc(C(N)c2ccc(Cl)s2)c(OC)c1Br. The van der Waals surface area contributed by atoms with Crippen molar-refractivity contribution in [2.75, 3.05) is 14.2 Å². The average Bonchev–Trinajstić information content (AvgIpc) is 2.84. The molecule has 1 aromatic heterocycles. The first-order chi connectivity index (χ1) is 9.08. The highest BCUT2D eigenvalue weighted by molar-refractivity contribution is 9.10. The van der Waals surface area contributed by atoms with Crippen LogP contribution in [0.4, 0.5) is 0 Å². The summed E-state index contributed by atoms with van der Waals surface area (Å²) in [6.07, 6.45) is 0. The van der Waals surface area contributed by atoms with E-state index in [9.17, 15) is 0 Å². The smallest absolute Gasteiger partial charge is 0.141 e. The fourth-order valence-electron chi connectivity index (χ4n) is 1.81. The van der Waals surface area contributed by atoms with Crippen molar-refractivity contribution in [3.8, 4) is 11.5 Å². The fourth-order valence-corrected chi connectivity index (χ4v) is 3.58. The minimum Gasteiger partial charge on any atom is -0.495 e. The van der Waals surface area contributed by atoms with E-state index in [1.165, 1.54) is 11.3 Å². The van der Waals surface area contributed by atoms with Gasteiger partial charge < -0.3 is 15.2 Å². The van der Waals surface area contributed by atoms with Crippen molar-refractivity contribution in [2.45, 2.75) is 6.04 Å². The third-order valence-corrected chi connectivity index (χ3v) is 4.82. The Labute approximate surface area is 129 Å². The fraction of sp³-hybridized carbons (Fsp3) is 0.231. The molecule has 0 amide bonds. The zero-order valence-corrected chi connectivity index (χ0v) is 13.6. The van der Waals surface area contributed by atoms with Crippen LogP contribution in [0.3, 0.4) is 0 Å². The van der Waals surface area contributed by atoms with E-state index in [1.807, 2.05) is 24.3 Å². The molecule has 1 aromatic carbocycles. The zero-order valence-electron chi connectivity index (χ0n) is 10.4. The van der Waals surface area contributed by atoms with Gasteiger partial charge in [0.15, 0.2) is 0 Å². The van der Waals surface area contributed by atoms with Crippen LogP contribution in [0.1, 0.15) is 16.5 Å². The van der Waals surface area contributed by atoms with E-state index in [-0.39, 0.29) is 6.04 Å². The van der Waals surface area contributed by atoms with Gasteiger partial charge in [-0.05, 0) is 40.2 Å². The lowest BCUT2D eigenvalue weighted by atomic mass is 10.0. The molecule has 0 aliphatic rings. The lowest BCUT2D eigenvalue weighted by Gasteiger charge is -2.17. The summed E-state index contributed by atoms with van der Waals surface area (Å²) in [6, 6.07) is 7.24. The van der Waals surface area contributed by atoms with E-state index in [4.69, 9.17) is 26.8 Å². The number of methoxy groups -OCH3 is 2. The van der Waals surface area contributed by atoms with Crippen molar-refractivity contribution in [2.24, 2.45) is 5.73 Å². The molecule has 0 aliphatic heterocycles. The van der Waals surface area contributed by atoms with Crippen LogP contribution in [0.2, 0.25) is 4.34 Å². The molecule has 0 radical (unpaired) electrons. The van der Waals surface area contributed by atoms with E-state index in [1.54, 1.807) is 14.2 Å². The van der Waals surface area contributed by atoms with Gasteiger partial charge in [-0.3, -0.25) is 0 Å². The molecule has 3 nitrogen and oxygen atoms in total. The first kappa shape index (κ1) is 14.7. The molecule has 1 heterocycles. The quantitative estimate of drug-likeness (QED) is 0.885. The third kappa shape index (κ3) is 2.89. The summed E-state index contributed by atoms with van der Waals surface area (Å²) in [5.41, 5.74) is 7.16. The molecule has 0 bridgehead atoms. The minimum atomic E-state index is -0.283. The van der Waals surface area contributed by atoms with E-state index in [0.29, 0.717) is 11.5 Å². The predicted octanol–water partition coefficient (Wildman–Crippen LogP) is 4.23. The van der Waals surface area contributed by atoms with Crippen LogP contribution in [0, 0.1) is 0 Å². The summed E-state index contributed by atoms with van der Waals surface area (Å²) in [6.45, 7) is 0. The average molecular weight is 363 g/mol. The molecule has 19 heavy (non-hydrogen) atoms. The van der Waals surface area contributed by atoms with Crippen molar-refractivity contribution in [3.63, 3.8) is 0 Å². The van der Waals surface area contributed by atoms with Crippen LogP contribution in [0.5, 0.6) is 11.5 Å². The number of rotatable bonds is 4. The maximum atomic E-state index is 6.28. The Morgan fingerprint density at radius 3 is 2.47 bits per heavy atom. The van der Waals surface area contributed by atoms with Crippen molar-refractivity contribution in [1.82, 2.24) is 0 Å². The van der Waals surface area contributed by atoms with Gasteiger partial charge in [0.05, 0.1) is 24.6 Å². The third-order valence-electron chi connectivity index (χ3n) is 2.75.